The molecule has 0 aliphatic carbocycles. The topological polar surface area (TPSA) is 65.4 Å². The summed E-state index contributed by atoms with van der Waals surface area (Å²) in [5.74, 6) is 0.374. The van der Waals surface area contributed by atoms with Crippen LogP contribution in [0.15, 0.2) is 48.5 Å². The van der Waals surface area contributed by atoms with Gasteiger partial charge in [-0.25, -0.2) is 0 Å². The molecule has 1 N–H and O–H groups in total. The molecule has 2 aromatic rings. The first-order chi connectivity index (χ1) is 13.2. The predicted octanol–water partition coefficient (Wildman–Crippen LogP) is 4.34. The van der Waals surface area contributed by atoms with E-state index in [2.05, 4.69) is 22.4 Å². The molecule has 1 saturated heterocycles. The van der Waals surface area contributed by atoms with Crippen LogP contribution in [0.2, 0.25) is 0 Å². The monoisotopic (exact) mass is 363 g/mol. The average molecular weight is 363 g/mol. The summed E-state index contributed by atoms with van der Waals surface area (Å²) in [4.78, 5) is 15.0. The Morgan fingerprint density at radius 1 is 1.07 bits per heavy atom. The van der Waals surface area contributed by atoms with Crippen molar-refractivity contribution in [2.45, 2.75) is 38.7 Å². The Balaban J connectivity index is 1.67. The molecule has 5 nitrogen and oxygen atoms in total. The lowest BCUT2D eigenvalue weighted by molar-refractivity contribution is -0.122. The van der Waals surface area contributed by atoms with Gasteiger partial charge in [-0.05, 0) is 56.2 Å². The van der Waals surface area contributed by atoms with Gasteiger partial charge in [-0.1, -0.05) is 25.0 Å². The molecule has 1 heterocycles. The van der Waals surface area contributed by atoms with E-state index in [1.54, 1.807) is 31.2 Å². The van der Waals surface area contributed by atoms with Gasteiger partial charge in [0.2, 0.25) is 0 Å². The molecule has 1 aliphatic heterocycles. The maximum Gasteiger partial charge on any atom is 0.265 e. The molecule has 0 radical (unpaired) electrons. The lowest BCUT2D eigenvalue weighted by Crippen LogP contribution is -2.31. The van der Waals surface area contributed by atoms with E-state index in [4.69, 9.17) is 10.00 Å². The summed E-state index contributed by atoms with van der Waals surface area (Å²) in [6, 6.07) is 16.8. The molecule has 1 unspecified atom stereocenters. The van der Waals surface area contributed by atoms with Crippen LogP contribution in [-0.4, -0.2) is 25.1 Å². The summed E-state index contributed by atoms with van der Waals surface area (Å²) in [5.41, 5.74) is 2.45. The lowest BCUT2D eigenvalue weighted by atomic mass is 10.2. The Hall–Kier alpha value is -3.00. The van der Waals surface area contributed by atoms with Crippen LogP contribution in [0.25, 0.3) is 0 Å². The van der Waals surface area contributed by atoms with Gasteiger partial charge in [0, 0.05) is 13.1 Å². The predicted molar refractivity (Wildman–Crippen MR) is 107 cm³/mol. The fraction of sp³-hybridized carbons (Fsp3) is 0.364. The first-order valence-electron chi connectivity index (χ1n) is 9.49. The normalized spacial score (nSPS) is 15.3. The van der Waals surface area contributed by atoms with Crippen molar-refractivity contribution < 1.29 is 9.53 Å². The van der Waals surface area contributed by atoms with Crippen LogP contribution in [0.3, 0.4) is 0 Å². The number of nitrogens with one attached hydrogen (secondary N) is 1. The summed E-state index contributed by atoms with van der Waals surface area (Å²) in [5, 5.41) is 11.9. The first-order valence-corrected chi connectivity index (χ1v) is 9.49. The van der Waals surface area contributed by atoms with Crippen molar-refractivity contribution in [3.8, 4) is 11.8 Å². The van der Waals surface area contributed by atoms with E-state index in [9.17, 15) is 4.79 Å². The van der Waals surface area contributed by atoms with E-state index in [1.165, 1.54) is 25.7 Å². The van der Waals surface area contributed by atoms with Crippen molar-refractivity contribution in [2.24, 2.45) is 0 Å². The number of amides is 1. The number of benzene rings is 2. The summed E-state index contributed by atoms with van der Waals surface area (Å²) >= 11 is 0. The van der Waals surface area contributed by atoms with Crippen LogP contribution in [0, 0.1) is 11.3 Å². The minimum atomic E-state index is -0.643. The molecule has 0 aromatic heterocycles. The van der Waals surface area contributed by atoms with Gasteiger partial charge < -0.3 is 15.0 Å². The SMILES string of the molecule is CC(Oc1ccc(C#N)cc1)C(=O)Nc1ccccc1N1CCCCCC1. The van der Waals surface area contributed by atoms with Crippen LogP contribution in [0.4, 0.5) is 11.4 Å². The summed E-state index contributed by atoms with van der Waals surface area (Å²) in [7, 11) is 0. The second-order valence-electron chi connectivity index (χ2n) is 6.80. The maximum atomic E-state index is 12.6. The van der Waals surface area contributed by atoms with Crippen molar-refractivity contribution in [3.63, 3.8) is 0 Å². The van der Waals surface area contributed by atoms with Crippen molar-refractivity contribution in [3.05, 3.63) is 54.1 Å². The molecule has 3 rings (SSSR count). The highest BCUT2D eigenvalue weighted by molar-refractivity contribution is 5.97. The Kier molecular flexibility index (Phi) is 6.32. The first kappa shape index (κ1) is 18.8. The molecule has 1 amide bonds. The summed E-state index contributed by atoms with van der Waals surface area (Å²) < 4.78 is 5.72. The van der Waals surface area contributed by atoms with E-state index in [0.29, 0.717) is 11.3 Å². The Labute approximate surface area is 160 Å². The molecule has 140 valence electrons. The van der Waals surface area contributed by atoms with Gasteiger partial charge in [-0.3, -0.25) is 4.79 Å². The highest BCUT2D eigenvalue weighted by atomic mass is 16.5. The van der Waals surface area contributed by atoms with E-state index in [1.807, 2.05) is 18.2 Å². The smallest absolute Gasteiger partial charge is 0.265 e. The highest BCUT2D eigenvalue weighted by Gasteiger charge is 2.19. The maximum absolute atomic E-state index is 12.6. The number of ether oxygens (including phenoxy) is 1. The van der Waals surface area contributed by atoms with E-state index in [-0.39, 0.29) is 5.91 Å². The fourth-order valence-corrected chi connectivity index (χ4v) is 3.27. The highest BCUT2D eigenvalue weighted by Crippen LogP contribution is 2.28. The second kappa shape index (κ2) is 9.09. The van der Waals surface area contributed by atoms with Crippen LogP contribution in [0.1, 0.15) is 38.2 Å². The van der Waals surface area contributed by atoms with Crippen molar-refractivity contribution in [1.29, 1.82) is 5.26 Å². The van der Waals surface area contributed by atoms with E-state index >= 15 is 0 Å². The Bertz CT molecular complexity index is 803. The molecule has 0 saturated carbocycles. The van der Waals surface area contributed by atoms with Gasteiger partial charge in [-0.2, -0.15) is 5.26 Å². The zero-order valence-corrected chi connectivity index (χ0v) is 15.6. The number of rotatable bonds is 5. The number of carbonyl (C=O) groups is 1. The molecule has 5 heteroatoms. The van der Waals surface area contributed by atoms with Gasteiger partial charge in [0.15, 0.2) is 6.10 Å². The summed E-state index contributed by atoms with van der Waals surface area (Å²) in [6.45, 7) is 3.76. The minimum Gasteiger partial charge on any atom is -0.481 e. The Morgan fingerprint density at radius 3 is 2.41 bits per heavy atom. The fourth-order valence-electron chi connectivity index (χ4n) is 3.27. The van der Waals surface area contributed by atoms with Crippen molar-refractivity contribution >= 4 is 17.3 Å². The molecule has 27 heavy (non-hydrogen) atoms. The lowest BCUT2D eigenvalue weighted by Gasteiger charge is -2.26. The Morgan fingerprint density at radius 2 is 1.74 bits per heavy atom. The standard InChI is InChI=1S/C22H25N3O2/c1-17(27-19-12-10-18(16-23)11-13-19)22(26)24-20-8-4-5-9-21(20)25-14-6-2-3-7-15-25/h4-5,8-13,17H,2-3,6-7,14-15H2,1H3,(H,24,26). The third kappa shape index (κ3) is 5.01. The van der Waals surface area contributed by atoms with Crippen molar-refractivity contribution in [1.82, 2.24) is 0 Å². The quantitative estimate of drug-likeness (QED) is 0.858. The van der Waals surface area contributed by atoms with Gasteiger partial charge in [0.25, 0.3) is 5.91 Å². The van der Waals surface area contributed by atoms with Gasteiger partial charge in [0.05, 0.1) is 23.0 Å². The zero-order chi connectivity index (χ0) is 19.1. The third-order valence-corrected chi connectivity index (χ3v) is 4.77. The molecule has 0 bridgehead atoms. The number of nitriles is 1. The zero-order valence-electron chi connectivity index (χ0n) is 15.6. The molecule has 2 aromatic carbocycles. The molecule has 0 spiro atoms. The second-order valence-corrected chi connectivity index (χ2v) is 6.80. The number of hydrogen-bond acceptors (Lipinski definition) is 4. The van der Waals surface area contributed by atoms with E-state index < -0.39 is 6.10 Å². The number of carbonyl (C=O) groups excluding carboxylic acids is 1. The summed E-state index contributed by atoms with van der Waals surface area (Å²) in [6.07, 6.45) is 4.25. The van der Waals surface area contributed by atoms with Crippen LogP contribution < -0.4 is 15.0 Å². The van der Waals surface area contributed by atoms with Gasteiger partial charge in [-0.15, -0.1) is 0 Å². The molecular weight excluding hydrogens is 338 g/mol. The van der Waals surface area contributed by atoms with Gasteiger partial charge in [0.1, 0.15) is 5.75 Å². The number of nitrogens with zero attached hydrogens (tertiary/aromatic N) is 2. The average Bonchev–Trinajstić information content (AvgIpc) is 2.98. The largest absolute Gasteiger partial charge is 0.481 e. The van der Waals surface area contributed by atoms with Crippen LogP contribution in [-0.2, 0) is 4.79 Å². The van der Waals surface area contributed by atoms with Crippen LogP contribution >= 0.6 is 0 Å². The number of hydrogen-bond donors (Lipinski definition) is 1. The van der Waals surface area contributed by atoms with Crippen molar-refractivity contribution in [2.75, 3.05) is 23.3 Å². The molecule has 1 atom stereocenters. The number of anilines is 2. The number of para-hydroxylation sites is 2. The van der Waals surface area contributed by atoms with E-state index in [0.717, 1.165) is 24.5 Å². The molecular formula is C22H25N3O2. The third-order valence-electron chi connectivity index (χ3n) is 4.77. The van der Waals surface area contributed by atoms with Gasteiger partial charge >= 0.3 is 0 Å². The molecule has 1 fully saturated rings. The molecule has 1 aliphatic rings. The van der Waals surface area contributed by atoms with Crippen LogP contribution in [0.5, 0.6) is 5.75 Å². The minimum absolute atomic E-state index is 0.193.